The van der Waals surface area contributed by atoms with Gasteiger partial charge in [0, 0.05) is 38.0 Å². The van der Waals surface area contributed by atoms with Gasteiger partial charge in [-0.15, -0.1) is 0 Å². The van der Waals surface area contributed by atoms with Crippen LogP contribution >= 0.6 is 0 Å². The van der Waals surface area contributed by atoms with Crippen LogP contribution in [0.1, 0.15) is 20.3 Å². The number of carbonyl (C=O) groups is 1. The highest BCUT2D eigenvalue weighted by molar-refractivity contribution is 5.80. The van der Waals surface area contributed by atoms with Crippen LogP contribution in [0.15, 0.2) is 0 Å². The molecule has 0 radical (unpaired) electrons. The van der Waals surface area contributed by atoms with Crippen molar-refractivity contribution in [2.75, 3.05) is 33.7 Å². The lowest BCUT2D eigenvalue weighted by Crippen LogP contribution is -2.50. The molecule has 0 spiro atoms. The quantitative estimate of drug-likeness (QED) is 0.671. The molecule has 1 saturated heterocycles. The maximum Gasteiger partial charge on any atom is 0.137 e. The molecule has 1 aliphatic rings. The second-order valence-corrected chi connectivity index (χ2v) is 4.72. The normalized spacial score (nSPS) is 25.6. The summed E-state index contributed by atoms with van der Waals surface area (Å²) in [6, 6.07) is 0.420. The minimum atomic E-state index is 0.177. The zero-order valence-electron chi connectivity index (χ0n) is 9.79. The van der Waals surface area contributed by atoms with E-state index in [2.05, 4.69) is 23.9 Å². The lowest BCUT2D eigenvalue weighted by atomic mass is 9.99. The first kappa shape index (κ1) is 11.7. The van der Waals surface area contributed by atoms with Crippen LogP contribution in [0.5, 0.6) is 0 Å². The molecule has 0 aromatic carbocycles. The van der Waals surface area contributed by atoms with E-state index in [4.69, 9.17) is 0 Å². The van der Waals surface area contributed by atoms with Crippen LogP contribution in [0.4, 0.5) is 0 Å². The summed E-state index contributed by atoms with van der Waals surface area (Å²) in [6.45, 7) is 7.17. The molecular weight excluding hydrogens is 176 g/mol. The van der Waals surface area contributed by atoms with Gasteiger partial charge in [0.1, 0.15) is 5.78 Å². The highest BCUT2D eigenvalue weighted by Crippen LogP contribution is 2.12. The number of nitrogens with zero attached hydrogens (tertiary/aromatic N) is 2. The van der Waals surface area contributed by atoms with Gasteiger partial charge in [0.15, 0.2) is 0 Å². The number of rotatable bonds is 3. The molecule has 0 amide bonds. The maximum absolute atomic E-state index is 11.6. The molecule has 14 heavy (non-hydrogen) atoms. The second-order valence-electron chi connectivity index (χ2n) is 4.72. The molecule has 1 unspecified atom stereocenters. The fraction of sp³-hybridized carbons (Fsp3) is 0.909. The van der Waals surface area contributed by atoms with Crippen LogP contribution in [0.3, 0.4) is 0 Å². The molecule has 0 N–H and O–H groups in total. The average molecular weight is 198 g/mol. The molecule has 1 rings (SSSR count). The maximum atomic E-state index is 11.6. The Morgan fingerprint density at radius 2 is 2.00 bits per heavy atom. The Morgan fingerprint density at radius 1 is 1.36 bits per heavy atom. The highest BCUT2D eigenvalue weighted by atomic mass is 16.1. The van der Waals surface area contributed by atoms with Gasteiger partial charge in [0.2, 0.25) is 0 Å². The summed E-state index contributed by atoms with van der Waals surface area (Å²) in [5.74, 6) is 0.563. The first-order valence-corrected chi connectivity index (χ1v) is 5.42. The van der Waals surface area contributed by atoms with Crippen molar-refractivity contribution in [3.05, 3.63) is 0 Å². The predicted octanol–water partition coefficient (Wildman–Crippen LogP) is 0.847. The zero-order valence-corrected chi connectivity index (χ0v) is 9.79. The standard InChI is InChI=1S/C11H22N2O/c1-9(2)11(14)7-10-8-12(3)5-6-13(10)4/h9-10H,5-8H2,1-4H3. The van der Waals surface area contributed by atoms with Crippen molar-refractivity contribution in [1.82, 2.24) is 9.80 Å². The van der Waals surface area contributed by atoms with Crippen molar-refractivity contribution < 1.29 is 4.79 Å². The van der Waals surface area contributed by atoms with E-state index in [1.807, 2.05) is 13.8 Å². The van der Waals surface area contributed by atoms with Crippen molar-refractivity contribution >= 4 is 5.78 Å². The summed E-state index contributed by atoms with van der Waals surface area (Å²) >= 11 is 0. The van der Waals surface area contributed by atoms with E-state index in [0.717, 1.165) is 19.6 Å². The number of ketones is 1. The van der Waals surface area contributed by atoms with Gasteiger partial charge in [-0.25, -0.2) is 0 Å². The van der Waals surface area contributed by atoms with Crippen LogP contribution < -0.4 is 0 Å². The lowest BCUT2D eigenvalue weighted by Gasteiger charge is -2.37. The number of piperazine rings is 1. The molecule has 82 valence electrons. The fourth-order valence-corrected chi connectivity index (χ4v) is 1.79. The Labute approximate surface area is 87.1 Å². The minimum Gasteiger partial charge on any atom is -0.304 e. The predicted molar refractivity (Wildman–Crippen MR) is 58.4 cm³/mol. The van der Waals surface area contributed by atoms with Crippen LogP contribution in [-0.4, -0.2) is 55.4 Å². The van der Waals surface area contributed by atoms with Crippen LogP contribution in [0.25, 0.3) is 0 Å². The molecule has 1 fully saturated rings. The number of hydrogen-bond donors (Lipinski definition) is 0. The minimum absolute atomic E-state index is 0.177. The first-order valence-electron chi connectivity index (χ1n) is 5.42. The largest absolute Gasteiger partial charge is 0.304 e. The third kappa shape index (κ3) is 3.07. The third-order valence-corrected chi connectivity index (χ3v) is 3.06. The topological polar surface area (TPSA) is 23.6 Å². The van der Waals surface area contributed by atoms with Gasteiger partial charge in [-0.1, -0.05) is 13.8 Å². The smallest absolute Gasteiger partial charge is 0.137 e. The Bertz CT molecular complexity index is 203. The molecule has 0 aliphatic carbocycles. The first-order chi connectivity index (χ1) is 6.50. The molecule has 0 aromatic rings. The van der Waals surface area contributed by atoms with E-state index in [1.165, 1.54) is 0 Å². The summed E-state index contributed by atoms with van der Waals surface area (Å²) < 4.78 is 0. The molecule has 1 heterocycles. The van der Waals surface area contributed by atoms with E-state index in [1.54, 1.807) is 0 Å². The summed E-state index contributed by atoms with van der Waals surface area (Å²) in [4.78, 5) is 16.2. The Morgan fingerprint density at radius 3 is 2.57 bits per heavy atom. The molecular formula is C11H22N2O. The molecule has 0 aromatic heterocycles. The van der Waals surface area contributed by atoms with Gasteiger partial charge in [-0.3, -0.25) is 4.79 Å². The van der Waals surface area contributed by atoms with Gasteiger partial charge in [0.05, 0.1) is 0 Å². The number of carbonyl (C=O) groups excluding carboxylic acids is 1. The van der Waals surface area contributed by atoms with Crippen LogP contribution in [0.2, 0.25) is 0 Å². The van der Waals surface area contributed by atoms with Gasteiger partial charge in [-0.05, 0) is 14.1 Å². The van der Waals surface area contributed by atoms with Crippen molar-refractivity contribution in [1.29, 1.82) is 0 Å². The van der Waals surface area contributed by atoms with Crippen LogP contribution in [-0.2, 0) is 4.79 Å². The second kappa shape index (κ2) is 4.89. The Kier molecular flexibility index (Phi) is 4.08. The molecule has 3 nitrogen and oxygen atoms in total. The zero-order chi connectivity index (χ0) is 10.7. The average Bonchev–Trinajstić information content (AvgIpc) is 2.11. The molecule has 1 atom stereocenters. The molecule has 0 saturated carbocycles. The van der Waals surface area contributed by atoms with Crippen LogP contribution in [0, 0.1) is 5.92 Å². The Hall–Kier alpha value is -0.410. The van der Waals surface area contributed by atoms with Crippen molar-refractivity contribution in [3.8, 4) is 0 Å². The highest BCUT2D eigenvalue weighted by Gasteiger charge is 2.24. The van der Waals surface area contributed by atoms with Crippen molar-refractivity contribution in [3.63, 3.8) is 0 Å². The van der Waals surface area contributed by atoms with Crippen molar-refractivity contribution in [2.24, 2.45) is 5.92 Å². The summed E-state index contributed by atoms with van der Waals surface area (Å²) in [5, 5.41) is 0. The third-order valence-electron chi connectivity index (χ3n) is 3.06. The van der Waals surface area contributed by atoms with E-state index in [0.29, 0.717) is 18.2 Å². The molecule has 1 aliphatic heterocycles. The number of likely N-dealkylation sites (N-methyl/N-ethyl adjacent to an activating group) is 2. The van der Waals surface area contributed by atoms with E-state index in [9.17, 15) is 4.79 Å². The lowest BCUT2D eigenvalue weighted by molar-refractivity contribution is -0.123. The molecule has 3 heteroatoms. The summed E-state index contributed by atoms with van der Waals surface area (Å²) in [5.41, 5.74) is 0. The van der Waals surface area contributed by atoms with Gasteiger partial charge >= 0.3 is 0 Å². The van der Waals surface area contributed by atoms with Gasteiger partial charge in [0.25, 0.3) is 0 Å². The SMILES string of the molecule is CC(C)C(=O)CC1CN(C)CCN1C. The van der Waals surface area contributed by atoms with E-state index in [-0.39, 0.29) is 5.92 Å². The summed E-state index contributed by atoms with van der Waals surface area (Å²) in [6.07, 6.45) is 0.707. The summed E-state index contributed by atoms with van der Waals surface area (Å²) in [7, 11) is 4.24. The van der Waals surface area contributed by atoms with E-state index >= 15 is 0 Å². The Balaban J connectivity index is 2.45. The number of hydrogen-bond acceptors (Lipinski definition) is 3. The fourth-order valence-electron chi connectivity index (χ4n) is 1.79. The number of Topliss-reactive ketones (excluding diaryl/α,β-unsaturated/α-hetero) is 1. The van der Waals surface area contributed by atoms with Crippen molar-refractivity contribution in [2.45, 2.75) is 26.3 Å². The van der Waals surface area contributed by atoms with Gasteiger partial charge in [-0.2, -0.15) is 0 Å². The van der Waals surface area contributed by atoms with Gasteiger partial charge < -0.3 is 9.80 Å². The monoisotopic (exact) mass is 198 g/mol. The molecule has 0 bridgehead atoms. The van der Waals surface area contributed by atoms with E-state index < -0.39 is 0 Å².